The highest BCUT2D eigenvalue weighted by molar-refractivity contribution is 5.80. The van der Waals surface area contributed by atoms with Crippen LogP contribution in [0.5, 0.6) is 5.75 Å². The first-order valence-electron chi connectivity index (χ1n) is 9.83. The standard InChI is InChI=1S/C22H22N6O4/c1-27-19-18(20(30)25-22(27)31)28(13-17(29)15-6-4-3-5-7-15)21(24-19)26-23-12-14-8-10-16(32-2)11-9-14/h3-12,17,29H,13H2,1-2H3,(H,24,26)(H,25,30,31)/b23-12+. The highest BCUT2D eigenvalue weighted by atomic mass is 16.5. The van der Waals surface area contributed by atoms with Crippen molar-refractivity contribution >= 4 is 23.3 Å². The topological polar surface area (TPSA) is 127 Å². The molecule has 0 saturated carbocycles. The fourth-order valence-electron chi connectivity index (χ4n) is 3.31. The SMILES string of the molecule is COc1ccc(/C=N/Nc2nc3c(c(=O)[nH]c(=O)n3C)n2CC(O)c2ccccc2)cc1. The molecular formula is C22H22N6O4. The number of ether oxygens (including phenoxy) is 1. The van der Waals surface area contributed by atoms with Crippen LogP contribution in [0.4, 0.5) is 5.95 Å². The van der Waals surface area contributed by atoms with E-state index in [1.54, 1.807) is 25.5 Å². The molecule has 1 unspecified atom stereocenters. The molecule has 2 aromatic heterocycles. The Bertz CT molecular complexity index is 1370. The van der Waals surface area contributed by atoms with E-state index in [1.165, 1.54) is 16.2 Å². The van der Waals surface area contributed by atoms with Crippen LogP contribution in [0.15, 0.2) is 69.3 Å². The molecule has 0 radical (unpaired) electrons. The summed E-state index contributed by atoms with van der Waals surface area (Å²) < 4.78 is 7.89. The summed E-state index contributed by atoms with van der Waals surface area (Å²) in [6.45, 7) is 0.0299. The molecule has 4 aromatic rings. The molecule has 4 rings (SSSR count). The van der Waals surface area contributed by atoms with E-state index in [2.05, 4.69) is 20.5 Å². The van der Waals surface area contributed by atoms with Gasteiger partial charge >= 0.3 is 5.69 Å². The summed E-state index contributed by atoms with van der Waals surface area (Å²) in [5.41, 5.74) is 3.48. The summed E-state index contributed by atoms with van der Waals surface area (Å²) in [4.78, 5) is 31.2. The number of hydrogen-bond donors (Lipinski definition) is 3. The molecule has 1 atom stereocenters. The quantitative estimate of drug-likeness (QED) is 0.300. The van der Waals surface area contributed by atoms with Gasteiger partial charge in [-0.2, -0.15) is 10.1 Å². The summed E-state index contributed by atoms with van der Waals surface area (Å²) >= 11 is 0. The number of fused-ring (bicyclic) bond motifs is 1. The normalized spacial score (nSPS) is 12.3. The van der Waals surface area contributed by atoms with Crippen molar-refractivity contribution in [3.63, 3.8) is 0 Å². The minimum Gasteiger partial charge on any atom is -0.497 e. The van der Waals surface area contributed by atoms with Crippen molar-refractivity contribution in [3.05, 3.63) is 86.6 Å². The maximum atomic E-state index is 12.6. The third-order valence-electron chi connectivity index (χ3n) is 5.04. The van der Waals surface area contributed by atoms with Gasteiger partial charge in [0.1, 0.15) is 5.75 Å². The number of hydrogen-bond acceptors (Lipinski definition) is 7. The van der Waals surface area contributed by atoms with Crippen LogP contribution in [0.25, 0.3) is 11.2 Å². The smallest absolute Gasteiger partial charge is 0.329 e. The van der Waals surface area contributed by atoms with Crippen LogP contribution >= 0.6 is 0 Å². The van der Waals surface area contributed by atoms with Gasteiger partial charge in [-0.05, 0) is 35.4 Å². The Morgan fingerprint density at radius 1 is 1.19 bits per heavy atom. The molecule has 3 N–H and O–H groups in total. The zero-order valence-electron chi connectivity index (χ0n) is 17.5. The lowest BCUT2D eigenvalue weighted by atomic mass is 10.1. The number of aryl methyl sites for hydroxylation is 1. The zero-order valence-corrected chi connectivity index (χ0v) is 17.5. The molecule has 10 nitrogen and oxygen atoms in total. The second kappa shape index (κ2) is 8.90. The van der Waals surface area contributed by atoms with Crippen LogP contribution in [-0.4, -0.2) is 37.5 Å². The van der Waals surface area contributed by atoms with Gasteiger partial charge in [-0.15, -0.1) is 0 Å². The van der Waals surface area contributed by atoms with Crippen LogP contribution in [-0.2, 0) is 13.6 Å². The van der Waals surface area contributed by atoms with Crippen LogP contribution in [0.3, 0.4) is 0 Å². The second-order valence-corrected chi connectivity index (χ2v) is 7.11. The van der Waals surface area contributed by atoms with Crippen LogP contribution in [0, 0.1) is 0 Å². The molecule has 0 saturated heterocycles. The summed E-state index contributed by atoms with van der Waals surface area (Å²) in [7, 11) is 3.10. The zero-order chi connectivity index (χ0) is 22.7. The van der Waals surface area contributed by atoms with Crippen molar-refractivity contribution in [2.75, 3.05) is 12.5 Å². The van der Waals surface area contributed by atoms with Gasteiger partial charge < -0.3 is 9.84 Å². The Labute approximate surface area is 182 Å². The summed E-state index contributed by atoms with van der Waals surface area (Å²) in [6, 6.07) is 16.4. The molecule has 0 spiro atoms. The largest absolute Gasteiger partial charge is 0.497 e. The van der Waals surface area contributed by atoms with E-state index in [9.17, 15) is 14.7 Å². The van der Waals surface area contributed by atoms with Gasteiger partial charge in [-0.25, -0.2) is 10.2 Å². The molecule has 0 amide bonds. The first-order valence-corrected chi connectivity index (χ1v) is 9.83. The third kappa shape index (κ3) is 4.16. The van der Waals surface area contributed by atoms with Gasteiger partial charge in [-0.1, -0.05) is 30.3 Å². The first kappa shape index (κ1) is 21.1. The number of aliphatic hydroxyl groups is 1. The van der Waals surface area contributed by atoms with Crippen LogP contribution in [0.2, 0.25) is 0 Å². The van der Waals surface area contributed by atoms with Gasteiger partial charge in [-0.3, -0.25) is 18.9 Å². The number of nitrogens with zero attached hydrogens (tertiary/aromatic N) is 4. The molecular weight excluding hydrogens is 412 g/mol. The molecule has 2 heterocycles. The lowest BCUT2D eigenvalue weighted by Crippen LogP contribution is -2.29. The molecule has 164 valence electrons. The molecule has 10 heteroatoms. The maximum Gasteiger partial charge on any atom is 0.329 e. The van der Waals surface area contributed by atoms with E-state index in [0.29, 0.717) is 5.56 Å². The molecule has 0 bridgehead atoms. The predicted molar refractivity (Wildman–Crippen MR) is 121 cm³/mol. The van der Waals surface area contributed by atoms with Crippen molar-refractivity contribution in [1.82, 2.24) is 19.1 Å². The molecule has 0 aliphatic carbocycles. The number of nitrogens with one attached hydrogen (secondary N) is 2. The Hall–Kier alpha value is -4.18. The van der Waals surface area contributed by atoms with Crippen molar-refractivity contribution in [1.29, 1.82) is 0 Å². The van der Waals surface area contributed by atoms with Crippen molar-refractivity contribution in [3.8, 4) is 5.75 Å². The van der Waals surface area contributed by atoms with Gasteiger partial charge in [0.15, 0.2) is 11.2 Å². The number of aromatic amines is 1. The van der Waals surface area contributed by atoms with Crippen molar-refractivity contribution < 1.29 is 9.84 Å². The van der Waals surface area contributed by atoms with E-state index in [4.69, 9.17) is 4.74 Å². The molecule has 0 fully saturated rings. The van der Waals surface area contributed by atoms with E-state index in [-0.39, 0.29) is 23.7 Å². The van der Waals surface area contributed by atoms with Crippen molar-refractivity contribution in [2.24, 2.45) is 12.1 Å². The number of aliphatic hydroxyl groups excluding tert-OH is 1. The number of hydrazone groups is 1. The number of rotatable bonds is 7. The molecule has 0 aliphatic rings. The van der Waals surface area contributed by atoms with Crippen molar-refractivity contribution in [2.45, 2.75) is 12.6 Å². The lowest BCUT2D eigenvalue weighted by Gasteiger charge is -2.14. The van der Waals surface area contributed by atoms with Gasteiger partial charge in [0.05, 0.1) is 26.0 Å². The predicted octanol–water partition coefficient (Wildman–Crippen LogP) is 1.61. The molecule has 2 aromatic carbocycles. The summed E-state index contributed by atoms with van der Waals surface area (Å²) in [5.74, 6) is 0.943. The summed E-state index contributed by atoms with van der Waals surface area (Å²) in [6.07, 6.45) is 0.677. The minimum atomic E-state index is -0.906. The Morgan fingerprint density at radius 3 is 2.59 bits per heavy atom. The maximum absolute atomic E-state index is 12.6. The van der Waals surface area contributed by atoms with E-state index < -0.39 is 17.4 Å². The number of aromatic nitrogens is 4. The van der Waals surface area contributed by atoms with E-state index in [1.807, 2.05) is 42.5 Å². The average molecular weight is 434 g/mol. The third-order valence-corrected chi connectivity index (χ3v) is 5.04. The van der Waals surface area contributed by atoms with Crippen LogP contribution < -0.4 is 21.4 Å². The number of methoxy groups -OCH3 is 1. The second-order valence-electron chi connectivity index (χ2n) is 7.11. The average Bonchev–Trinajstić information content (AvgIpc) is 3.17. The Balaban J connectivity index is 1.71. The number of imidazole rings is 1. The van der Waals surface area contributed by atoms with Gasteiger partial charge in [0, 0.05) is 7.05 Å². The highest BCUT2D eigenvalue weighted by Gasteiger charge is 2.20. The number of benzene rings is 2. The lowest BCUT2D eigenvalue weighted by molar-refractivity contribution is 0.158. The van der Waals surface area contributed by atoms with Gasteiger partial charge in [0.2, 0.25) is 5.95 Å². The molecule has 0 aliphatic heterocycles. The number of H-pyrrole nitrogens is 1. The highest BCUT2D eigenvalue weighted by Crippen LogP contribution is 2.21. The monoisotopic (exact) mass is 434 g/mol. The van der Waals surface area contributed by atoms with E-state index in [0.717, 1.165) is 11.3 Å². The Kier molecular flexibility index (Phi) is 5.86. The van der Waals surface area contributed by atoms with E-state index >= 15 is 0 Å². The molecule has 32 heavy (non-hydrogen) atoms. The minimum absolute atomic E-state index is 0.0299. The fraction of sp³-hybridized carbons (Fsp3) is 0.182. The summed E-state index contributed by atoms with van der Waals surface area (Å²) in [5, 5.41) is 14.9. The van der Waals surface area contributed by atoms with Crippen LogP contribution in [0.1, 0.15) is 17.2 Å². The first-order chi connectivity index (χ1) is 15.5. The Morgan fingerprint density at radius 2 is 1.91 bits per heavy atom. The van der Waals surface area contributed by atoms with Gasteiger partial charge in [0.25, 0.3) is 5.56 Å². The fourth-order valence-corrected chi connectivity index (χ4v) is 3.31. The number of anilines is 1.